The Morgan fingerprint density at radius 1 is 1.03 bits per heavy atom. The third-order valence-corrected chi connectivity index (χ3v) is 5.58. The third kappa shape index (κ3) is 3.74. The van der Waals surface area contributed by atoms with Crippen LogP contribution in [0.2, 0.25) is 0 Å². The molecule has 0 bridgehead atoms. The van der Waals surface area contributed by atoms with E-state index < -0.39 is 0 Å². The molecule has 0 radical (unpaired) electrons. The molecule has 0 aliphatic carbocycles. The van der Waals surface area contributed by atoms with E-state index in [1.54, 1.807) is 24.3 Å². The fourth-order valence-electron chi connectivity index (χ4n) is 4.03. The molecule has 5 rings (SSSR count). The van der Waals surface area contributed by atoms with Crippen molar-refractivity contribution in [1.82, 2.24) is 19.5 Å². The van der Waals surface area contributed by atoms with Crippen LogP contribution in [-0.4, -0.2) is 31.9 Å². The minimum absolute atomic E-state index is 0.0927. The molecular formula is C24H21FN4O2. The number of amides is 1. The molecule has 1 fully saturated rings. The molecule has 0 spiro atoms. The lowest BCUT2D eigenvalue weighted by molar-refractivity contribution is 0.0724. The van der Waals surface area contributed by atoms with Gasteiger partial charge in [0.15, 0.2) is 11.5 Å². The topological polar surface area (TPSA) is 59.7 Å². The number of carbonyl (C=O) groups excluding carboxylic acids is 1. The Bertz CT molecular complexity index is 1220. The first-order valence-corrected chi connectivity index (χ1v) is 10.3. The maximum Gasteiger partial charge on any atom is 0.258 e. The van der Waals surface area contributed by atoms with Crippen LogP contribution in [0.5, 0.6) is 5.75 Å². The number of ether oxygens (including phenoxy) is 1. The summed E-state index contributed by atoms with van der Waals surface area (Å²) in [4.78, 5) is 15.4. The average Bonchev–Trinajstić information content (AvgIpc) is 3.45. The summed E-state index contributed by atoms with van der Waals surface area (Å²) >= 11 is 0. The molecule has 1 amide bonds. The first-order chi connectivity index (χ1) is 15.2. The molecule has 7 heteroatoms. The van der Waals surface area contributed by atoms with Crippen molar-refractivity contribution >= 4 is 11.6 Å². The van der Waals surface area contributed by atoms with Gasteiger partial charge in [0.25, 0.3) is 5.91 Å². The van der Waals surface area contributed by atoms with Gasteiger partial charge in [0.2, 0.25) is 0 Å². The Morgan fingerprint density at radius 2 is 1.84 bits per heavy atom. The van der Waals surface area contributed by atoms with Crippen LogP contribution in [0.15, 0.2) is 72.9 Å². The van der Waals surface area contributed by atoms with Crippen LogP contribution in [0.1, 0.15) is 40.6 Å². The number of nitrogens with zero attached hydrogens (tertiary/aromatic N) is 4. The van der Waals surface area contributed by atoms with Crippen molar-refractivity contribution in [2.45, 2.75) is 25.5 Å². The monoisotopic (exact) mass is 416 g/mol. The molecule has 3 heterocycles. The molecular weight excluding hydrogens is 395 g/mol. The molecule has 1 atom stereocenters. The molecule has 4 aromatic rings. The summed E-state index contributed by atoms with van der Waals surface area (Å²) < 4.78 is 21.0. The van der Waals surface area contributed by atoms with Crippen LogP contribution in [0.25, 0.3) is 5.65 Å². The lowest BCUT2D eigenvalue weighted by atomic mass is 10.1. The summed E-state index contributed by atoms with van der Waals surface area (Å²) in [5.74, 6) is 0.894. The second kappa shape index (κ2) is 8.18. The highest BCUT2D eigenvalue weighted by Crippen LogP contribution is 2.34. The quantitative estimate of drug-likeness (QED) is 0.483. The Hall–Kier alpha value is -3.74. The van der Waals surface area contributed by atoms with E-state index in [-0.39, 0.29) is 24.4 Å². The van der Waals surface area contributed by atoms with Crippen LogP contribution in [-0.2, 0) is 6.61 Å². The van der Waals surface area contributed by atoms with E-state index in [1.165, 1.54) is 12.1 Å². The Labute approximate surface area is 178 Å². The highest BCUT2D eigenvalue weighted by molar-refractivity contribution is 5.97. The van der Waals surface area contributed by atoms with E-state index in [2.05, 4.69) is 10.2 Å². The smallest absolute Gasteiger partial charge is 0.258 e. The number of para-hydroxylation sites is 1. The number of pyridine rings is 1. The molecule has 1 unspecified atom stereocenters. The summed E-state index contributed by atoms with van der Waals surface area (Å²) in [6.45, 7) is 0.903. The number of halogens is 1. The zero-order chi connectivity index (χ0) is 21.2. The van der Waals surface area contributed by atoms with Crippen molar-refractivity contribution in [3.63, 3.8) is 0 Å². The molecule has 0 saturated carbocycles. The number of benzene rings is 2. The summed E-state index contributed by atoms with van der Waals surface area (Å²) in [5.41, 5.74) is 2.10. The van der Waals surface area contributed by atoms with Gasteiger partial charge < -0.3 is 9.64 Å². The van der Waals surface area contributed by atoms with Gasteiger partial charge in [-0.3, -0.25) is 9.20 Å². The Balaban J connectivity index is 1.40. The van der Waals surface area contributed by atoms with Crippen LogP contribution in [0.4, 0.5) is 4.39 Å². The number of hydrogen-bond acceptors (Lipinski definition) is 4. The van der Waals surface area contributed by atoms with Gasteiger partial charge in [-0.1, -0.05) is 30.3 Å². The zero-order valence-corrected chi connectivity index (χ0v) is 16.8. The van der Waals surface area contributed by atoms with Crippen molar-refractivity contribution in [2.24, 2.45) is 0 Å². The first kappa shape index (κ1) is 19.2. The van der Waals surface area contributed by atoms with Crippen molar-refractivity contribution in [2.75, 3.05) is 6.54 Å². The van der Waals surface area contributed by atoms with Crippen molar-refractivity contribution < 1.29 is 13.9 Å². The molecule has 0 N–H and O–H groups in total. The first-order valence-electron chi connectivity index (χ1n) is 10.3. The number of likely N-dealkylation sites (tertiary alicyclic amines) is 1. The van der Waals surface area contributed by atoms with Gasteiger partial charge in [0, 0.05) is 12.7 Å². The Morgan fingerprint density at radius 3 is 2.71 bits per heavy atom. The maximum atomic E-state index is 13.5. The molecule has 2 aromatic heterocycles. The van der Waals surface area contributed by atoms with Gasteiger partial charge in [-0.25, -0.2) is 4.39 Å². The van der Waals surface area contributed by atoms with Gasteiger partial charge in [0.1, 0.15) is 18.2 Å². The molecule has 2 aromatic carbocycles. The van der Waals surface area contributed by atoms with Crippen LogP contribution < -0.4 is 4.74 Å². The van der Waals surface area contributed by atoms with E-state index in [0.717, 1.165) is 29.9 Å². The minimum Gasteiger partial charge on any atom is -0.488 e. The Kier molecular flexibility index (Phi) is 5.08. The summed E-state index contributed by atoms with van der Waals surface area (Å²) in [7, 11) is 0. The van der Waals surface area contributed by atoms with Gasteiger partial charge in [-0.05, 0) is 54.8 Å². The average molecular weight is 416 g/mol. The van der Waals surface area contributed by atoms with Crippen LogP contribution >= 0.6 is 0 Å². The predicted molar refractivity (Wildman–Crippen MR) is 113 cm³/mol. The van der Waals surface area contributed by atoms with Gasteiger partial charge in [-0.15, -0.1) is 10.2 Å². The second-order valence-corrected chi connectivity index (χ2v) is 7.55. The fourth-order valence-corrected chi connectivity index (χ4v) is 4.03. The predicted octanol–water partition coefficient (Wildman–Crippen LogP) is 4.42. The van der Waals surface area contributed by atoms with E-state index in [0.29, 0.717) is 17.9 Å². The molecule has 1 aliphatic heterocycles. The largest absolute Gasteiger partial charge is 0.488 e. The second-order valence-electron chi connectivity index (χ2n) is 7.55. The number of aromatic nitrogens is 3. The van der Waals surface area contributed by atoms with Gasteiger partial charge >= 0.3 is 0 Å². The van der Waals surface area contributed by atoms with E-state index in [9.17, 15) is 9.18 Å². The maximum absolute atomic E-state index is 13.5. The summed E-state index contributed by atoms with van der Waals surface area (Å²) in [5, 5.41) is 8.61. The van der Waals surface area contributed by atoms with Crippen molar-refractivity contribution in [3.05, 3.63) is 95.7 Å². The molecule has 156 valence electrons. The normalized spacial score (nSPS) is 16.0. The zero-order valence-electron chi connectivity index (χ0n) is 16.8. The number of hydrogen-bond donors (Lipinski definition) is 0. The van der Waals surface area contributed by atoms with Crippen LogP contribution in [0.3, 0.4) is 0 Å². The molecule has 1 saturated heterocycles. The minimum atomic E-state index is -0.291. The van der Waals surface area contributed by atoms with E-state index in [1.807, 2.05) is 45.8 Å². The standard InChI is InChI=1S/C24H21FN4O2/c25-18-12-10-17(11-13-18)16-31-21-8-2-1-6-19(21)24(30)28-15-5-7-20(28)23-27-26-22-9-3-4-14-29(22)23/h1-4,6,8-14,20H,5,7,15-16H2. The SMILES string of the molecule is O=C(c1ccccc1OCc1ccc(F)cc1)N1CCCC1c1nnc2ccccn12. The lowest BCUT2D eigenvalue weighted by Gasteiger charge is -2.24. The summed E-state index contributed by atoms with van der Waals surface area (Å²) in [6.07, 6.45) is 3.65. The highest BCUT2D eigenvalue weighted by Gasteiger charge is 2.34. The number of fused-ring (bicyclic) bond motifs is 1. The van der Waals surface area contributed by atoms with Crippen LogP contribution in [0, 0.1) is 5.82 Å². The van der Waals surface area contributed by atoms with E-state index >= 15 is 0 Å². The number of rotatable bonds is 5. The molecule has 1 aliphatic rings. The van der Waals surface area contributed by atoms with Gasteiger partial charge in [0.05, 0.1) is 11.6 Å². The third-order valence-electron chi connectivity index (χ3n) is 5.58. The fraction of sp³-hybridized carbons (Fsp3) is 0.208. The number of carbonyl (C=O) groups is 1. The highest BCUT2D eigenvalue weighted by atomic mass is 19.1. The lowest BCUT2D eigenvalue weighted by Crippen LogP contribution is -2.31. The van der Waals surface area contributed by atoms with E-state index in [4.69, 9.17) is 4.74 Å². The van der Waals surface area contributed by atoms with Crippen molar-refractivity contribution in [3.8, 4) is 5.75 Å². The molecule has 31 heavy (non-hydrogen) atoms. The molecule has 6 nitrogen and oxygen atoms in total. The van der Waals surface area contributed by atoms with Gasteiger partial charge in [-0.2, -0.15) is 0 Å². The summed E-state index contributed by atoms with van der Waals surface area (Å²) in [6, 6.07) is 19.0. The van der Waals surface area contributed by atoms with Crippen molar-refractivity contribution in [1.29, 1.82) is 0 Å².